The Kier molecular flexibility index (Phi) is 5.84. The Morgan fingerprint density at radius 3 is 2.43 bits per heavy atom. The Morgan fingerprint density at radius 1 is 1.07 bits per heavy atom. The molecule has 0 spiro atoms. The van der Waals surface area contributed by atoms with Crippen molar-refractivity contribution in [1.29, 1.82) is 0 Å². The number of benzene rings is 2. The van der Waals surface area contributed by atoms with Gasteiger partial charge in [0.1, 0.15) is 11.4 Å². The molecule has 1 amide bonds. The van der Waals surface area contributed by atoms with Crippen molar-refractivity contribution in [1.82, 2.24) is 15.1 Å². The molecule has 1 saturated carbocycles. The molecule has 6 nitrogen and oxygen atoms in total. The van der Waals surface area contributed by atoms with E-state index in [0.29, 0.717) is 22.2 Å². The van der Waals surface area contributed by atoms with Crippen molar-refractivity contribution in [3.05, 3.63) is 64.6 Å². The number of carbonyl (C=O) groups excluding carboxylic acids is 1. The zero-order valence-electron chi connectivity index (χ0n) is 17.4. The monoisotopic (exact) mass is 405 g/mol. The van der Waals surface area contributed by atoms with Gasteiger partial charge >= 0.3 is 0 Å². The summed E-state index contributed by atoms with van der Waals surface area (Å²) in [7, 11) is 1.55. The molecular formula is C24H27N3O3. The lowest BCUT2D eigenvalue weighted by Crippen LogP contribution is -2.39. The zero-order chi connectivity index (χ0) is 21.1. The maximum absolute atomic E-state index is 13.2. The number of ether oxygens (including phenoxy) is 1. The van der Waals surface area contributed by atoms with Crippen molar-refractivity contribution in [2.75, 3.05) is 7.11 Å². The standard InChI is InChI=1S/C24H27N3O3/c1-3-16-12-14-17(15-13-16)25-23(28)22-18-8-4-5-9-19(18)24(29)27(26-22)20-10-6-7-11-21(20)30-2/h4-11,16-17H,3,12-15H2,1-2H3,(H,25,28). The molecule has 0 radical (unpaired) electrons. The first-order valence-corrected chi connectivity index (χ1v) is 10.6. The number of methoxy groups -OCH3 is 1. The number of carbonyl (C=O) groups is 1. The second-order valence-electron chi connectivity index (χ2n) is 7.88. The van der Waals surface area contributed by atoms with Crippen molar-refractivity contribution >= 4 is 16.7 Å². The summed E-state index contributed by atoms with van der Waals surface area (Å²) < 4.78 is 6.68. The molecule has 0 unspecified atom stereocenters. The van der Waals surface area contributed by atoms with E-state index in [1.165, 1.54) is 11.1 Å². The number of nitrogens with one attached hydrogen (secondary N) is 1. The number of hydrogen-bond donors (Lipinski definition) is 1. The number of rotatable bonds is 5. The molecule has 1 aliphatic rings. The van der Waals surface area contributed by atoms with E-state index < -0.39 is 0 Å². The van der Waals surface area contributed by atoms with Gasteiger partial charge in [-0.15, -0.1) is 0 Å². The van der Waals surface area contributed by atoms with Gasteiger partial charge < -0.3 is 10.1 Å². The van der Waals surface area contributed by atoms with Gasteiger partial charge in [0.15, 0.2) is 5.69 Å². The average Bonchev–Trinajstić information content (AvgIpc) is 2.80. The number of hydrogen-bond acceptors (Lipinski definition) is 4. The summed E-state index contributed by atoms with van der Waals surface area (Å²) in [5.41, 5.74) is 0.483. The van der Waals surface area contributed by atoms with Crippen LogP contribution in [0.2, 0.25) is 0 Å². The first kappa shape index (κ1) is 20.1. The topological polar surface area (TPSA) is 73.2 Å². The molecule has 1 fully saturated rings. The van der Waals surface area contributed by atoms with E-state index in [1.807, 2.05) is 18.2 Å². The minimum Gasteiger partial charge on any atom is -0.494 e. The predicted octanol–water partition coefficient (Wildman–Crippen LogP) is 4.09. The van der Waals surface area contributed by atoms with E-state index in [0.717, 1.165) is 31.6 Å². The van der Waals surface area contributed by atoms with Gasteiger partial charge in [-0.1, -0.05) is 43.7 Å². The minimum atomic E-state index is -0.282. The highest BCUT2D eigenvalue weighted by Crippen LogP contribution is 2.27. The minimum absolute atomic E-state index is 0.146. The van der Waals surface area contributed by atoms with Gasteiger partial charge in [0.05, 0.1) is 12.5 Å². The van der Waals surface area contributed by atoms with Gasteiger partial charge in [-0.25, -0.2) is 0 Å². The summed E-state index contributed by atoms with van der Waals surface area (Å²) in [6.07, 6.45) is 5.42. The summed E-state index contributed by atoms with van der Waals surface area (Å²) >= 11 is 0. The molecule has 0 atom stereocenters. The largest absolute Gasteiger partial charge is 0.494 e. The third-order valence-corrected chi connectivity index (χ3v) is 6.09. The normalized spacial score (nSPS) is 18.9. The molecule has 0 aliphatic heterocycles. The summed E-state index contributed by atoms with van der Waals surface area (Å²) in [5.74, 6) is 1.03. The fourth-order valence-corrected chi connectivity index (χ4v) is 4.29. The number of para-hydroxylation sites is 2. The maximum atomic E-state index is 13.2. The van der Waals surface area contributed by atoms with Gasteiger partial charge in [0.25, 0.3) is 11.5 Å². The second kappa shape index (κ2) is 8.69. The molecule has 30 heavy (non-hydrogen) atoms. The Labute approximate surface area is 175 Å². The van der Waals surface area contributed by atoms with E-state index in [1.54, 1.807) is 37.4 Å². The van der Waals surface area contributed by atoms with Crippen molar-refractivity contribution < 1.29 is 9.53 Å². The van der Waals surface area contributed by atoms with Gasteiger partial charge in [0, 0.05) is 11.4 Å². The van der Waals surface area contributed by atoms with Crippen LogP contribution in [0.4, 0.5) is 0 Å². The highest BCUT2D eigenvalue weighted by molar-refractivity contribution is 6.05. The third-order valence-electron chi connectivity index (χ3n) is 6.09. The number of fused-ring (bicyclic) bond motifs is 1. The molecule has 3 aromatic rings. The van der Waals surface area contributed by atoms with Crippen molar-refractivity contribution in [2.45, 2.75) is 45.1 Å². The van der Waals surface area contributed by atoms with Crippen LogP contribution in [-0.4, -0.2) is 28.8 Å². The summed E-state index contributed by atoms with van der Waals surface area (Å²) in [6, 6.07) is 14.4. The molecule has 6 heteroatoms. The van der Waals surface area contributed by atoms with Crippen LogP contribution in [0.25, 0.3) is 16.5 Å². The smallest absolute Gasteiger partial charge is 0.279 e. The average molecular weight is 405 g/mol. The molecule has 156 valence electrons. The van der Waals surface area contributed by atoms with Gasteiger partial charge in [-0.3, -0.25) is 9.59 Å². The highest BCUT2D eigenvalue weighted by Gasteiger charge is 2.24. The van der Waals surface area contributed by atoms with E-state index >= 15 is 0 Å². The van der Waals surface area contributed by atoms with E-state index in [4.69, 9.17) is 4.74 Å². The van der Waals surface area contributed by atoms with Crippen LogP contribution < -0.4 is 15.6 Å². The zero-order valence-corrected chi connectivity index (χ0v) is 17.4. The SMILES string of the molecule is CCC1CCC(NC(=O)c2nn(-c3ccccc3OC)c(=O)c3ccccc23)CC1. The molecule has 2 aromatic carbocycles. The lowest BCUT2D eigenvalue weighted by molar-refractivity contribution is 0.0916. The van der Waals surface area contributed by atoms with Crippen LogP contribution in [0.15, 0.2) is 53.3 Å². The Hall–Kier alpha value is -3.15. The molecule has 0 bridgehead atoms. The van der Waals surface area contributed by atoms with E-state index in [2.05, 4.69) is 17.3 Å². The highest BCUT2D eigenvalue weighted by atomic mass is 16.5. The lowest BCUT2D eigenvalue weighted by Gasteiger charge is -2.28. The summed E-state index contributed by atoms with van der Waals surface area (Å²) in [6.45, 7) is 2.22. The number of aromatic nitrogens is 2. The van der Waals surface area contributed by atoms with Gasteiger partial charge in [-0.05, 0) is 49.8 Å². The predicted molar refractivity (Wildman–Crippen MR) is 117 cm³/mol. The Bertz CT molecular complexity index is 1110. The maximum Gasteiger partial charge on any atom is 0.279 e. The van der Waals surface area contributed by atoms with Gasteiger partial charge in [0.2, 0.25) is 0 Å². The Morgan fingerprint density at radius 2 is 1.73 bits per heavy atom. The van der Waals surface area contributed by atoms with Crippen LogP contribution >= 0.6 is 0 Å². The van der Waals surface area contributed by atoms with E-state index in [-0.39, 0.29) is 23.2 Å². The number of nitrogens with zero attached hydrogens (tertiary/aromatic N) is 2. The second-order valence-corrected chi connectivity index (χ2v) is 7.88. The van der Waals surface area contributed by atoms with Crippen LogP contribution in [0.5, 0.6) is 5.75 Å². The van der Waals surface area contributed by atoms with Crippen LogP contribution in [-0.2, 0) is 0 Å². The summed E-state index contributed by atoms with van der Waals surface area (Å²) in [4.78, 5) is 26.4. The fourth-order valence-electron chi connectivity index (χ4n) is 4.29. The molecule has 0 saturated heterocycles. The molecule has 1 heterocycles. The third kappa shape index (κ3) is 3.82. The first-order valence-electron chi connectivity index (χ1n) is 10.6. The Balaban J connectivity index is 1.75. The van der Waals surface area contributed by atoms with Crippen LogP contribution in [0.1, 0.15) is 49.5 Å². The van der Waals surface area contributed by atoms with Crippen molar-refractivity contribution in [2.24, 2.45) is 5.92 Å². The van der Waals surface area contributed by atoms with Crippen molar-refractivity contribution in [3.63, 3.8) is 0 Å². The number of amides is 1. The molecular weight excluding hydrogens is 378 g/mol. The molecule has 1 aromatic heterocycles. The molecule has 1 N–H and O–H groups in total. The molecule has 4 rings (SSSR count). The van der Waals surface area contributed by atoms with Crippen LogP contribution in [0.3, 0.4) is 0 Å². The fraction of sp³-hybridized carbons (Fsp3) is 0.375. The van der Waals surface area contributed by atoms with Crippen molar-refractivity contribution in [3.8, 4) is 11.4 Å². The quantitative estimate of drug-likeness (QED) is 0.694. The van der Waals surface area contributed by atoms with Crippen LogP contribution in [0, 0.1) is 5.92 Å². The molecule has 1 aliphatic carbocycles. The lowest BCUT2D eigenvalue weighted by atomic mass is 9.84. The summed E-state index contributed by atoms with van der Waals surface area (Å²) in [5, 5.41) is 8.66. The van der Waals surface area contributed by atoms with E-state index in [9.17, 15) is 9.59 Å². The first-order chi connectivity index (χ1) is 14.6. The van der Waals surface area contributed by atoms with Gasteiger partial charge in [-0.2, -0.15) is 9.78 Å².